The molecule has 0 aliphatic rings. The first-order valence-electron chi connectivity index (χ1n) is 4.81. The maximum Gasteiger partial charge on any atom is 0.389 e. The smallest absolute Gasteiger partial charge is 0.388 e. The molecule has 0 saturated carbocycles. The van der Waals surface area contributed by atoms with Gasteiger partial charge >= 0.3 is 6.18 Å². The highest BCUT2D eigenvalue weighted by molar-refractivity contribution is 6.32. The molecule has 16 heavy (non-hydrogen) atoms. The van der Waals surface area contributed by atoms with Crippen LogP contribution in [0.5, 0.6) is 0 Å². The molecule has 90 valence electrons. The summed E-state index contributed by atoms with van der Waals surface area (Å²) in [6, 6.07) is 4.94. The number of aliphatic hydroxyl groups is 1. The summed E-state index contributed by atoms with van der Waals surface area (Å²) < 4.78 is 35.9. The topological polar surface area (TPSA) is 20.2 Å². The summed E-state index contributed by atoms with van der Waals surface area (Å²) in [5, 5.41) is 9.94. The molecule has 0 amide bonds. The zero-order valence-corrected chi connectivity index (χ0v) is 9.44. The van der Waals surface area contributed by atoms with E-state index in [-0.39, 0.29) is 6.42 Å². The van der Waals surface area contributed by atoms with Crippen LogP contribution in [-0.4, -0.2) is 11.3 Å². The number of halogens is 4. The molecule has 0 radical (unpaired) electrons. The molecule has 0 fully saturated rings. The normalized spacial score (nSPS) is 13.9. The van der Waals surface area contributed by atoms with Crippen LogP contribution in [0.25, 0.3) is 0 Å². The van der Waals surface area contributed by atoms with Crippen LogP contribution in [0.1, 0.15) is 30.1 Å². The van der Waals surface area contributed by atoms with Crippen LogP contribution in [0.4, 0.5) is 13.2 Å². The van der Waals surface area contributed by atoms with Crippen molar-refractivity contribution in [1.29, 1.82) is 0 Å². The standard InChI is InChI=1S/C11H12ClF3O/c1-7-3-2-4-8(10(7)12)9(16)5-6-11(13,14)15/h2-4,9,16H,5-6H2,1H3. The Kier molecular flexibility index (Phi) is 4.21. The SMILES string of the molecule is Cc1cccc(C(O)CCC(F)(F)F)c1Cl. The van der Waals surface area contributed by atoms with Crippen molar-refractivity contribution in [3.63, 3.8) is 0 Å². The molecule has 0 saturated heterocycles. The van der Waals surface area contributed by atoms with Crippen molar-refractivity contribution in [3.05, 3.63) is 34.3 Å². The maximum absolute atomic E-state index is 12.0. The van der Waals surface area contributed by atoms with Crippen molar-refractivity contribution >= 4 is 11.6 Å². The molecular weight excluding hydrogens is 241 g/mol. The van der Waals surface area contributed by atoms with E-state index in [9.17, 15) is 18.3 Å². The number of hydrogen-bond acceptors (Lipinski definition) is 1. The Hall–Kier alpha value is -0.740. The van der Waals surface area contributed by atoms with Gasteiger partial charge in [0.15, 0.2) is 0 Å². The number of aryl methyl sites for hydroxylation is 1. The van der Waals surface area contributed by atoms with Crippen LogP contribution in [-0.2, 0) is 0 Å². The fourth-order valence-electron chi connectivity index (χ4n) is 1.38. The molecular formula is C11H12ClF3O. The van der Waals surface area contributed by atoms with Crippen LogP contribution < -0.4 is 0 Å². The van der Waals surface area contributed by atoms with Gasteiger partial charge in [-0.3, -0.25) is 0 Å². The molecule has 1 nitrogen and oxygen atoms in total. The van der Waals surface area contributed by atoms with E-state index in [0.29, 0.717) is 10.6 Å². The predicted octanol–water partition coefficient (Wildman–Crippen LogP) is 4.02. The highest BCUT2D eigenvalue weighted by atomic mass is 35.5. The van der Waals surface area contributed by atoms with Crippen molar-refractivity contribution in [2.24, 2.45) is 0 Å². The molecule has 1 rings (SSSR count). The lowest BCUT2D eigenvalue weighted by Crippen LogP contribution is -2.10. The van der Waals surface area contributed by atoms with Gasteiger partial charge in [0, 0.05) is 11.4 Å². The van der Waals surface area contributed by atoms with Crippen molar-refractivity contribution in [2.45, 2.75) is 32.0 Å². The first-order chi connectivity index (χ1) is 7.31. The second-order valence-corrected chi connectivity index (χ2v) is 4.03. The van der Waals surface area contributed by atoms with Crippen LogP contribution in [0.3, 0.4) is 0 Å². The highest BCUT2D eigenvalue weighted by Crippen LogP contribution is 2.31. The molecule has 5 heteroatoms. The van der Waals surface area contributed by atoms with Crippen LogP contribution in [0, 0.1) is 6.92 Å². The summed E-state index contributed by atoms with van der Waals surface area (Å²) in [6.45, 7) is 1.74. The Bertz CT molecular complexity index is 363. The number of hydrogen-bond donors (Lipinski definition) is 1. The third-order valence-electron chi connectivity index (χ3n) is 2.28. The molecule has 0 heterocycles. The molecule has 0 aromatic heterocycles. The Morgan fingerprint density at radius 3 is 2.56 bits per heavy atom. The number of aliphatic hydroxyl groups excluding tert-OH is 1. The second-order valence-electron chi connectivity index (χ2n) is 3.65. The van der Waals surface area contributed by atoms with E-state index in [1.165, 1.54) is 6.07 Å². The van der Waals surface area contributed by atoms with Gasteiger partial charge < -0.3 is 5.11 Å². The summed E-state index contributed by atoms with van der Waals surface area (Å²) in [5.41, 5.74) is 1.09. The zero-order valence-electron chi connectivity index (χ0n) is 8.68. The first kappa shape index (κ1) is 13.3. The van der Waals surface area contributed by atoms with Gasteiger partial charge in [-0.2, -0.15) is 13.2 Å². The third-order valence-corrected chi connectivity index (χ3v) is 2.80. The van der Waals surface area contributed by atoms with Crippen molar-refractivity contribution < 1.29 is 18.3 Å². The van der Waals surface area contributed by atoms with Gasteiger partial charge in [-0.15, -0.1) is 0 Å². The van der Waals surface area contributed by atoms with E-state index in [4.69, 9.17) is 11.6 Å². The van der Waals surface area contributed by atoms with E-state index in [0.717, 1.165) is 5.56 Å². The van der Waals surface area contributed by atoms with Gasteiger partial charge in [-0.1, -0.05) is 29.8 Å². The summed E-state index contributed by atoms with van der Waals surface area (Å²) in [7, 11) is 0. The lowest BCUT2D eigenvalue weighted by Gasteiger charge is -2.15. The Morgan fingerprint density at radius 1 is 1.38 bits per heavy atom. The molecule has 1 N–H and O–H groups in total. The Labute approximate surface area is 96.9 Å². The summed E-state index contributed by atoms with van der Waals surface area (Å²) >= 11 is 5.90. The molecule has 1 aromatic rings. The van der Waals surface area contributed by atoms with Gasteiger partial charge in [0.25, 0.3) is 0 Å². The molecule has 1 unspecified atom stereocenters. The van der Waals surface area contributed by atoms with Gasteiger partial charge in [0.2, 0.25) is 0 Å². The quantitative estimate of drug-likeness (QED) is 0.861. The van der Waals surface area contributed by atoms with Gasteiger partial charge in [-0.25, -0.2) is 0 Å². The molecule has 0 aliphatic carbocycles. The summed E-state index contributed by atoms with van der Waals surface area (Å²) in [6.07, 6.45) is -6.81. The lowest BCUT2D eigenvalue weighted by molar-refractivity contribution is -0.140. The van der Waals surface area contributed by atoms with Crippen LogP contribution >= 0.6 is 11.6 Å². The Morgan fingerprint density at radius 2 is 2.00 bits per heavy atom. The van der Waals surface area contributed by atoms with E-state index < -0.39 is 18.7 Å². The first-order valence-corrected chi connectivity index (χ1v) is 5.19. The predicted molar refractivity (Wildman–Crippen MR) is 56.4 cm³/mol. The molecule has 0 bridgehead atoms. The van der Waals surface area contributed by atoms with E-state index in [1.807, 2.05) is 0 Å². The number of benzene rings is 1. The van der Waals surface area contributed by atoms with Crippen LogP contribution in [0.2, 0.25) is 5.02 Å². The maximum atomic E-state index is 12.0. The van der Waals surface area contributed by atoms with Gasteiger partial charge in [0.05, 0.1) is 6.10 Å². The van der Waals surface area contributed by atoms with Crippen LogP contribution in [0.15, 0.2) is 18.2 Å². The fraction of sp³-hybridized carbons (Fsp3) is 0.455. The third kappa shape index (κ3) is 3.68. The van der Waals surface area contributed by atoms with Crippen molar-refractivity contribution in [3.8, 4) is 0 Å². The average Bonchev–Trinajstić information content (AvgIpc) is 2.17. The number of rotatable bonds is 3. The van der Waals surface area contributed by atoms with E-state index in [1.54, 1.807) is 19.1 Å². The largest absolute Gasteiger partial charge is 0.389 e. The minimum atomic E-state index is -4.25. The fourth-order valence-corrected chi connectivity index (χ4v) is 1.64. The van der Waals surface area contributed by atoms with Gasteiger partial charge in [0.1, 0.15) is 0 Å². The molecule has 0 aliphatic heterocycles. The Balaban J connectivity index is 2.73. The zero-order chi connectivity index (χ0) is 12.3. The monoisotopic (exact) mass is 252 g/mol. The molecule has 1 atom stereocenters. The lowest BCUT2D eigenvalue weighted by atomic mass is 10.0. The van der Waals surface area contributed by atoms with Crippen molar-refractivity contribution in [2.75, 3.05) is 0 Å². The van der Waals surface area contributed by atoms with Crippen molar-refractivity contribution in [1.82, 2.24) is 0 Å². The van der Waals surface area contributed by atoms with E-state index in [2.05, 4.69) is 0 Å². The highest BCUT2D eigenvalue weighted by Gasteiger charge is 2.28. The van der Waals surface area contributed by atoms with E-state index >= 15 is 0 Å². The molecule has 1 aromatic carbocycles. The minimum Gasteiger partial charge on any atom is -0.388 e. The number of alkyl halides is 3. The minimum absolute atomic E-state index is 0.331. The molecule has 0 spiro atoms. The summed E-state index contributed by atoms with van der Waals surface area (Å²) in [5.74, 6) is 0. The average molecular weight is 253 g/mol. The summed E-state index contributed by atoms with van der Waals surface area (Å²) in [4.78, 5) is 0. The van der Waals surface area contributed by atoms with Gasteiger partial charge in [-0.05, 0) is 24.5 Å². The second kappa shape index (κ2) is 5.06.